The number of carbonyl (C=O) groups is 1. The molecule has 0 aromatic rings. The van der Waals surface area contributed by atoms with Crippen molar-refractivity contribution in [3.05, 3.63) is 0 Å². The quantitative estimate of drug-likeness (QED) is 0.287. The van der Waals surface area contributed by atoms with Crippen LogP contribution in [0.5, 0.6) is 0 Å². The molecule has 0 aliphatic heterocycles. The lowest BCUT2D eigenvalue weighted by atomic mass is 10.1. The van der Waals surface area contributed by atoms with Crippen LogP contribution in [-0.2, 0) is 4.79 Å². The van der Waals surface area contributed by atoms with E-state index in [4.69, 9.17) is 5.21 Å². The van der Waals surface area contributed by atoms with Crippen LogP contribution in [0.25, 0.3) is 0 Å². The smallest absolute Gasteiger partial charge is 0.180 e. The van der Waals surface area contributed by atoms with Gasteiger partial charge in [0.2, 0.25) is 0 Å². The fourth-order valence-corrected chi connectivity index (χ4v) is 1.13. The molecule has 1 N–H and O–H groups in total. The minimum atomic E-state index is -0.0426. The number of rotatable bonds is 7. The Bertz CT molecular complexity index is 176. The molecule has 0 saturated heterocycles. The fourth-order valence-electron chi connectivity index (χ4n) is 1.13. The van der Waals surface area contributed by atoms with Gasteiger partial charge in [-0.3, -0.25) is 4.79 Å². The van der Waals surface area contributed by atoms with E-state index in [9.17, 15) is 4.79 Å². The zero-order valence-corrected chi connectivity index (χ0v) is 8.55. The lowest BCUT2D eigenvalue weighted by Gasteiger charge is -1.98. The number of carbonyl (C=O) groups excluding carboxylic acids is 1. The van der Waals surface area contributed by atoms with E-state index >= 15 is 0 Å². The van der Waals surface area contributed by atoms with E-state index in [-0.39, 0.29) is 11.5 Å². The molecule has 3 nitrogen and oxygen atoms in total. The molecule has 76 valence electrons. The van der Waals surface area contributed by atoms with Gasteiger partial charge in [-0.2, -0.15) is 0 Å². The van der Waals surface area contributed by atoms with Crippen molar-refractivity contribution >= 4 is 11.5 Å². The van der Waals surface area contributed by atoms with Gasteiger partial charge in [0.05, 0.1) is 0 Å². The molecule has 0 aliphatic rings. The molecule has 0 fully saturated rings. The molecule has 13 heavy (non-hydrogen) atoms. The highest BCUT2D eigenvalue weighted by atomic mass is 16.4. The van der Waals surface area contributed by atoms with Gasteiger partial charge in [0.1, 0.15) is 5.71 Å². The normalized spacial score (nSPS) is 11.7. The van der Waals surface area contributed by atoms with E-state index in [0.29, 0.717) is 6.42 Å². The molecular weight excluding hydrogens is 166 g/mol. The summed E-state index contributed by atoms with van der Waals surface area (Å²) in [4.78, 5) is 11.1. The molecule has 0 aromatic carbocycles. The Balaban J connectivity index is 3.38. The van der Waals surface area contributed by atoms with Crippen LogP contribution < -0.4 is 0 Å². The van der Waals surface area contributed by atoms with Crippen LogP contribution >= 0.6 is 0 Å². The van der Waals surface area contributed by atoms with Crippen LogP contribution in [0.15, 0.2) is 5.16 Å². The van der Waals surface area contributed by atoms with Crippen molar-refractivity contribution in [3.8, 4) is 0 Å². The number of unbranched alkanes of at least 4 members (excludes halogenated alkanes) is 4. The number of Topliss-reactive ketones (excluding diaryl/α,β-unsaturated/α-hetero) is 1. The summed E-state index contributed by atoms with van der Waals surface area (Å²) in [5, 5.41) is 11.2. The Kier molecular flexibility index (Phi) is 7.26. The van der Waals surface area contributed by atoms with E-state index in [1.165, 1.54) is 26.2 Å². The maximum atomic E-state index is 11.1. The Morgan fingerprint density at radius 3 is 2.38 bits per heavy atom. The summed E-state index contributed by atoms with van der Waals surface area (Å²) in [5.74, 6) is -0.0426. The van der Waals surface area contributed by atoms with Gasteiger partial charge in [-0.25, -0.2) is 0 Å². The van der Waals surface area contributed by atoms with Crippen LogP contribution in [-0.4, -0.2) is 16.7 Å². The molecule has 0 rings (SSSR count). The van der Waals surface area contributed by atoms with Gasteiger partial charge < -0.3 is 5.21 Å². The minimum Gasteiger partial charge on any atom is -0.411 e. The zero-order valence-electron chi connectivity index (χ0n) is 8.55. The standard InChI is InChI=1S/C10H19NO2/c1-3-4-5-6-7-8-10(12)9(2)11-13/h13H,3-8H2,1-2H3. The number of hydrogen-bond acceptors (Lipinski definition) is 3. The average molecular weight is 185 g/mol. The first-order valence-corrected chi connectivity index (χ1v) is 4.94. The molecule has 3 heteroatoms. The van der Waals surface area contributed by atoms with E-state index in [1.807, 2.05) is 0 Å². The lowest BCUT2D eigenvalue weighted by molar-refractivity contribution is -0.113. The van der Waals surface area contributed by atoms with Crippen LogP contribution in [0, 0.1) is 0 Å². The first kappa shape index (κ1) is 12.1. The van der Waals surface area contributed by atoms with Crippen LogP contribution in [0.4, 0.5) is 0 Å². The van der Waals surface area contributed by atoms with E-state index in [1.54, 1.807) is 0 Å². The second-order valence-corrected chi connectivity index (χ2v) is 3.27. The van der Waals surface area contributed by atoms with E-state index < -0.39 is 0 Å². The van der Waals surface area contributed by atoms with Crippen molar-refractivity contribution in [1.29, 1.82) is 0 Å². The van der Waals surface area contributed by atoms with Crippen LogP contribution in [0.1, 0.15) is 52.4 Å². The lowest BCUT2D eigenvalue weighted by Crippen LogP contribution is -2.09. The summed E-state index contributed by atoms with van der Waals surface area (Å²) in [6, 6.07) is 0. The largest absolute Gasteiger partial charge is 0.411 e. The molecule has 0 heterocycles. The Hall–Kier alpha value is -0.860. The maximum absolute atomic E-state index is 11.1. The molecule has 0 unspecified atom stereocenters. The summed E-state index contributed by atoms with van der Waals surface area (Å²) in [6.45, 7) is 3.70. The highest BCUT2D eigenvalue weighted by molar-refractivity contribution is 6.38. The van der Waals surface area contributed by atoms with Crippen molar-refractivity contribution in [2.75, 3.05) is 0 Å². The predicted molar refractivity (Wildman–Crippen MR) is 53.3 cm³/mol. The van der Waals surface area contributed by atoms with E-state index in [2.05, 4.69) is 12.1 Å². The Labute approximate surface area is 79.8 Å². The summed E-state index contributed by atoms with van der Waals surface area (Å²) in [6.07, 6.45) is 6.16. The molecule has 0 aliphatic carbocycles. The molecular formula is C10H19NO2. The summed E-state index contributed by atoms with van der Waals surface area (Å²) in [7, 11) is 0. The van der Waals surface area contributed by atoms with Gasteiger partial charge >= 0.3 is 0 Å². The third kappa shape index (κ3) is 6.31. The number of nitrogens with zero attached hydrogens (tertiary/aromatic N) is 1. The number of hydrogen-bond donors (Lipinski definition) is 1. The van der Waals surface area contributed by atoms with Gasteiger partial charge in [0.15, 0.2) is 5.78 Å². The monoisotopic (exact) mass is 185 g/mol. The van der Waals surface area contributed by atoms with E-state index in [0.717, 1.165) is 12.8 Å². The molecule has 0 aromatic heterocycles. The summed E-state index contributed by atoms with van der Waals surface area (Å²) >= 11 is 0. The van der Waals surface area contributed by atoms with Gasteiger partial charge in [-0.1, -0.05) is 37.8 Å². The molecule has 0 spiro atoms. The zero-order chi connectivity index (χ0) is 10.1. The predicted octanol–water partition coefficient (Wildman–Crippen LogP) is 2.77. The van der Waals surface area contributed by atoms with Gasteiger partial charge in [0.25, 0.3) is 0 Å². The minimum absolute atomic E-state index is 0.0426. The van der Waals surface area contributed by atoms with Gasteiger partial charge in [0, 0.05) is 6.42 Å². The van der Waals surface area contributed by atoms with Crippen molar-refractivity contribution in [2.45, 2.75) is 52.4 Å². The highest BCUT2D eigenvalue weighted by Gasteiger charge is 2.05. The summed E-state index contributed by atoms with van der Waals surface area (Å²) in [5.41, 5.74) is 0.218. The van der Waals surface area contributed by atoms with Crippen molar-refractivity contribution in [3.63, 3.8) is 0 Å². The first-order valence-electron chi connectivity index (χ1n) is 4.94. The Morgan fingerprint density at radius 1 is 1.23 bits per heavy atom. The topological polar surface area (TPSA) is 49.7 Å². The van der Waals surface area contributed by atoms with Gasteiger partial charge in [-0.15, -0.1) is 0 Å². The van der Waals surface area contributed by atoms with Gasteiger partial charge in [-0.05, 0) is 13.3 Å². The first-order chi connectivity index (χ1) is 6.22. The van der Waals surface area contributed by atoms with Crippen molar-refractivity contribution in [2.24, 2.45) is 5.16 Å². The number of ketones is 1. The number of oxime groups is 1. The third-order valence-electron chi connectivity index (χ3n) is 2.06. The third-order valence-corrected chi connectivity index (χ3v) is 2.06. The van der Waals surface area contributed by atoms with Crippen molar-refractivity contribution < 1.29 is 10.0 Å². The van der Waals surface area contributed by atoms with Crippen LogP contribution in [0.3, 0.4) is 0 Å². The summed E-state index contributed by atoms with van der Waals surface area (Å²) < 4.78 is 0. The van der Waals surface area contributed by atoms with Crippen molar-refractivity contribution in [1.82, 2.24) is 0 Å². The fraction of sp³-hybridized carbons (Fsp3) is 0.800. The second-order valence-electron chi connectivity index (χ2n) is 3.27. The average Bonchev–Trinajstić information content (AvgIpc) is 2.16. The molecule has 0 amide bonds. The highest BCUT2D eigenvalue weighted by Crippen LogP contribution is 2.05. The molecule has 0 bridgehead atoms. The SMILES string of the molecule is CCCCCCCC(=O)C(C)=NO. The molecule has 0 saturated carbocycles. The maximum Gasteiger partial charge on any atom is 0.180 e. The van der Waals surface area contributed by atoms with Crippen LogP contribution in [0.2, 0.25) is 0 Å². The second kappa shape index (κ2) is 7.77. The molecule has 0 radical (unpaired) electrons. The Morgan fingerprint density at radius 2 is 1.85 bits per heavy atom. The molecule has 0 atom stereocenters.